The molecule has 0 aliphatic carbocycles. The minimum atomic E-state index is 0.593. The van der Waals surface area contributed by atoms with Gasteiger partial charge < -0.3 is 10.5 Å². The first-order valence-electron chi connectivity index (χ1n) is 4.32. The van der Waals surface area contributed by atoms with Gasteiger partial charge in [0, 0.05) is 10.1 Å². The van der Waals surface area contributed by atoms with E-state index in [1.54, 1.807) is 11.3 Å². The zero-order chi connectivity index (χ0) is 10.1. The highest BCUT2D eigenvalue weighted by Crippen LogP contribution is 2.40. The summed E-state index contributed by atoms with van der Waals surface area (Å²) in [6, 6.07) is 3.81. The highest BCUT2D eigenvalue weighted by molar-refractivity contribution is 7.18. The molecule has 74 valence electrons. The molecule has 1 heterocycles. The van der Waals surface area contributed by atoms with E-state index in [0.29, 0.717) is 23.1 Å². The highest BCUT2D eigenvalue weighted by atomic mass is 35.5. The van der Waals surface area contributed by atoms with Crippen molar-refractivity contribution in [3.8, 4) is 5.75 Å². The fraction of sp³-hybridized carbons (Fsp3) is 0.200. The van der Waals surface area contributed by atoms with Crippen molar-refractivity contribution in [2.24, 2.45) is 0 Å². The van der Waals surface area contributed by atoms with Gasteiger partial charge in [0.25, 0.3) is 0 Å². The number of nitrogen functional groups attached to an aromatic ring is 1. The van der Waals surface area contributed by atoms with Crippen molar-refractivity contribution in [1.29, 1.82) is 0 Å². The summed E-state index contributed by atoms with van der Waals surface area (Å²) in [5, 5.41) is 3.54. The Bertz CT molecular complexity index is 466. The van der Waals surface area contributed by atoms with Gasteiger partial charge in [-0.05, 0) is 19.1 Å². The van der Waals surface area contributed by atoms with Gasteiger partial charge >= 0.3 is 0 Å². The molecule has 0 unspecified atom stereocenters. The van der Waals surface area contributed by atoms with Crippen molar-refractivity contribution in [2.45, 2.75) is 6.92 Å². The molecule has 2 nitrogen and oxygen atoms in total. The number of benzene rings is 1. The number of rotatable bonds is 2. The second kappa shape index (κ2) is 3.67. The summed E-state index contributed by atoms with van der Waals surface area (Å²) in [6.07, 6.45) is 0. The summed E-state index contributed by atoms with van der Waals surface area (Å²) >= 11 is 7.66. The summed E-state index contributed by atoms with van der Waals surface area (Å²) in [6.45, 7) is 2.52. The summed E-state index contributed by atoms with van der Waals surface area (Å²) in [5.41, 5.74) is 6.46. The van der Waals surface area contributed by atoms with Crippen LogP contribution in [-0.4, -0.2) is 6.61 Å². The zero-order valence-electron chi connectivity index (χ0n) is 7.71. The Kier molecular flexibility index (Phi) is 2.52. The molecule has 0 saturated heterocycles. The van der Waals surface area contributed by atoms with Gasteiger partial charge in [0.15, 0.2) is 5.75 Å². The Morgan fingerprint density at radius 3 is 3.00 bits per heavy atom. The van der Waals surface area contributed by atoms with E-state index < -0.39 is 0 Å². The first-order valence-corrected chi connectivity index (χ1v) is 5.57. The van der Waals surface area contributed by atoms with Crippen LogP contribution >= 0.6 is 22.9 Å². The molecule has 0 fully saturated rings. The average molecular weight is 228 g/mol. The quantitative estimate of drug-likeness (QED) is 0.797. The topological polar surface area (TPSA) is 35.2 Å². The lowest BCUT2D eigenvalue weighted by Crippen LogP contribution is -1.96. The van der Waals surface area contributed by atoms with Gasteiger partial charge in [0.2, 0.25) is 0 Å². The average Bonchev–Trinajstić information content (AvgIpc) is 2.53. The van der Waals surface area contributed by atoms with Gasteiger partial charge in [-0.25, -0.2) is 0 Å². The molecule has 1 aromatic carbocycles. The Morgan fingerprint density at radius 2 is 2.29 bits per heavy atom. The van der Waals surface area contributed by atoms with E-state index in [1.165, 1.54) is 0 Å². The molecule has 1 aromatic heterocycles. The van der Waals surface area contributed by atoms with E-state index in [0.717, 1.165) is 10.1 Å². The largest absolute Gasteiger partial charge is 0.491 e. The van der Waals surface area contributed by atoms with Gasteiger partial charge in [-0.3, -0.25) is 0 Å². The minimum absolute atomic E-state index is 0.593. The van der Waals surface area contributed by atoms with Crippen LogP contribution < -0.4 is 10.5 Å². The maximum Gasteiger partial charge on any atom is 0.152 e. The summed E-state index contributed by atoms with van der Waals surface area (Å²) in [4.78, 5) is 0. The summed E-state index contributed by atoms with van der Waals surface area (Å²) < 4.78 is 6.59. The molecular formula is C10H10ClNOS. The van der Waals surface area contributed by atoms with Crippen LogP contribution in [-0.2, 0) is 0 Å². The molecular weight excluding hydrogens is 218 g/mol. The predicted octanol–water partition coefficient (Wildman–Crippen LogP) is 3.54. The first-order chi connectivity index (χ1) is 6.74. The number of thiophene rings is 1. The van der Waals surface area contributed by atoms with Crippen LogP contribution in [0.15, 0.2) is 17.5 Å². The van der Waals surface area contributed by atoms with Crippen molar-refractivity contribution in [3.05, 3.63) is 22.5 Å². The van der Waals surface area contributed by atoms with Crippen LogP contribution in [0.25, 0.3) is 10.1 Å². The number of anilines is 1. The van der Waals surface area contributed by atoms with Crippen LogP contribution in [0.3, 0.4) is 0 Å². The van der Waals surface area contributed by atoms with E-state index >= 15 is 0 Å². The summed E-state index contributed by atoms with van der Waals surface area (Å²) in [7, 11) is 0. The lowest BCUT2D eigenvalue weighted by atomic mass is 10.2. The zero-order valence-corrected chi connectivity index (χ0v) is 9.28. The Hall–Kier alpha value is -0.930. The Balaban J connectivity index is 2.73. The van der Waals surface area contributed by atoms with Crippen molar-refractivity contribution in [1.82, 2.24) is 0 Å². The van der Waals surface area contributed by atoms with Gasteiger partial charge in [0.05, 0.1) is 22.7 Å². The van der Waals surface area contributed by atoms with Gasteiger partial charge in [-0.2, -0.15) is 0 Å². The van der Waals surface area contributed by atoms with Gasteiger partial charge in [0.1, 0.15) is 0 Å². The number of ether oxygens (including phenoxy) is 1. The number of fused-ring (bicyclic) bond motifs is 1. The van der Waals surface area contributed by atoms with Crippen molar-refractivity contribution >= 4 is 38.7 Å². The minimum Gasteiger partial charge on any atom is -0.491 e. The van der Waals surface area contributed by atoms with E-state index in [4.69, 9.17) is 22.1 Å². The highest BCUT2D eigenvalue weighted by Gasteiger charge is 2.11. The van der Waals surface area contributed by atoms with E-state index in [2.05, 4.69) is 0 Å². The van der Waals surface area contributed by atoms with E-state index in [9.17, 15) is 0 Å². The SMILES string of the molecule is CCOc1c(N)ccc2scc(Cl)c12. The van der Waals surface area contributed by atoms with Crippen LogP contribution in [0.4, 0.5) is 5.69 Å². The molecule has 0 saturated carbocycles. The van der Waals surface area contributed by atoms with E-state index in [1.807, 2.05) is 24.4 Å². The molecule has 2 N–H and O–H groups in total. The maximum atomic E-state index is 6.06. The van der Waals surface area contributed by atoms with Crippen LogP contribution in [0.1, 0.15) is 6.92 Å². The van der Waals surface area contributed by atoms with Gasteiger partial charge in [-0.15, -0.1) is 11.3 Å². The number of nitrogens with two attached hydrogens (primary N) is 1. The summed E-state index contributed by atoms with van der Waals surface area (Å²) in [5.74, 6) is 0.705. The Morgan fingerprint density at radius 1 is 1.50 bits per heavy atom. The lowest BCUT2D eigenvalue weighted by molar-refractivity contribution is 0.346. The molecule has 0 aliphatic heterocycles. The molecule has 0 radical (unpaired) electrons. The normalized spacial score (nSPS) is 10.7. The monoisotopic (exact) mass is 227 g/mol. The standard InChI is InChI=1S/C10H10ClNOS/c1-2-13-10-7(12)3-4-8-9(10)6(11)5-14-8/h3-5H,2,12H2,1H3. The van der Waals surface area contributed by atoms with E-state index in [-0.39, 0.29) is 0 Å². The van der Waals surface area contributed by atoms with Crippen LogP contribution in [0, 0.1) is 0 Å². The first kappa shape index (κ1) is 9.62. The maximum absolute atomic E-state index is 6.06. The van der Waals surface area contributed by atoms with Crippen LogP contribution in [0.2, 0.25) is 5.02 Å². The van der Waals surface area contributed by atoms with Crippen molar-refractivity contribution < 1.29 is 4.74 Å². The lowest BCUT2D eigenvalue weighted by Gasteiger charge is -2.08. The Labute approximate surface area is 91.2 Å². The fourth-order valence-corrected chi connectivity index (χ4v) is 2.57. The molecule has 0 spiro atoms. The third kappa shape index (κ3) is 1.42. The smallest absolute Gasteiger partial charge is 0.152 e. The molecule has 0 amide bonds. The molecule has 4 heteroatoms. The van der Waals surface area contributed by atoms with Gasteiger partial charge in [-0.1, -0.05) is 11.6 Å². The molecule has 0 bridgehead atoms. The number of halogens is 1. The second-order valence-electron chi connectivity index (χ2n) is 2.87. The van der Waals surface area contributed by atoms with Crippen molar-refractivity contribution in [2.75, 3.05) is 12.3 Å². The predicted molar refractivity (Wildman–Crippen MR) is 62.4 cm³/mol. The third-order valence-corrected chi connectivity index (χ3v) is 3.34. The molecule has 2 aromatic rings. The fourth-order valence-electron chi connectivity index (χ4n) is 1.38. The third-order valence-electron chi connectivity index (χ3n) is 1.97. The molecule has 14 heavy (non-hydrogen) atoms. The number of hydrogen-bond donors (Lipinski definition) is 1. The second-order valence-corrected chi connectivity index (χ2v) is 4.19. The molecule has 2 rings (SSSR count). The number of hydrogen-bond acceptors (Lipinski definition) is 3. The molecule has 0 aliphatic rings. The van der Waals surface area contributed by atoms with Crippen molar-refractivity contribution in [3.63, 3.8) is 0 Å². The van der Waals surface area contributed by atoms with Crippen LogP contribution in [0.5, 0.6) is 5.75 Å². The molecule has 0 atom stereocenters.